The number of anilines is 1. The Morgan fingerprint density at radius 2 is 1.87 bits per heavy atom. The van der Waals surface area contributed by atoms with Crippen molar-refractivity contribution in [1.29, 1.82) is 0 Å². The van der Waals surface area contributed by atoms with Crippen LogP contribution in [0.1, 0.15) is 68.4 Å². The molecule has 1 aromatic carbocycles. The first-order valence-corrected chi connectivity index (χ1v) is 14.4. The predicted octanol–water partition coefficient (Wildman–Crippen LogP) is 4.80. The van der Waals surface area contributed by atoms with Crippen LogP contribution in [0, 0.1) is 5.41 Å². The quantitative estimate of drug-likeness (QED) is 0.585. The first-order chi connectivity index (χ1) is 18.3. The molecule has 3 aliphatic heterocycles. The molecule has 2 aliphatic carbocycles. The third-order valence-electron chi connectivity index (χ3n) is 9.73. The summed E-state index contributed by atoms with van der Waals surface area (Å²) >= 11 is 0. The van der Waals surface area contributed by atoms with Crippen molar-refractivity contribution < 1.29 is 9.53 Å². The lowest BCUT2D eigenvalue weighted by Gasteiger charge is -2.42. The van der Waals surface area contributed by atoms with Gasteiger partial charge in [-0.05, 0) is 67.5 Å². The molecular weight excluding hydrogens is 472 g/mol. The van der Waals surface area contributed by atoms with Gasteiger partial charge in [-0.15, -0.1) is 0 Å². The molecule has 1 unspecified atom stereocenters. The highest BCUT2D eigenvalue weighted by atomic mass is 16.5. The minimum absolute atomic E-state index is 0.195. The van der Waals surface area contributed by atoms with Crippen LogP contribution in [0.4, 0.5) is 5.69 Å². The van der Waals surface area contributed by atoms with E-state index in [-0.39, 0.29) is 16.6 Å². The number of carbonyl (C=O) groups excluding carboxylic acids is 1. The molecule has 0 saturated carbocycles. The molecular formula is C32H42N4O2. The summed E-state index contributed by atoms with van der Waals surface area (Å²) in [6.07, 6.45) is 10.4. The Kier molecular flexibility index (Phi) is 6.39. The molecule has 0 amide bonds. The van der Waals surface area contributed by atoms with Gasteiger partial charge in [0, 0.05) is 84.5 Å². The zero-order valence-corrected chi connectivity index (χ0v) is 23.7. The Hall–Kier alpha value is -2.70. The maximum atomic E-state index is 14.2. The lowest BCUT2D eigenvalue weighted by Crippen LogP contribution is -2.49. The van der Waals surface area contributed by atoms with Gasteiger partial charge in [-0.1, -0.05) is 26.8 Å². The standard InChI is InChI=1S/C32H42N4O2/c1-6-22-18-24-25(19-26(22)36-11-8-23(9-12-36)35-13-15-38-16-14-35)31(2,3)30-28(29(24)37)32(4)10-7-21(20-33-5)17-27(32)34-30/h7,17-20,23,34H,6,8-16H2,1-5H3. The fraction of sp³-hybridized carbons (Fsp3) is 0.562. The first-order valence-electron chi connectivity index (χ1n) is 14.4. The molecule has 6 heteroatoms. The van der Waals surface area contributed by atoms with Crippen molar-refractivity contribution in [2.24, 2.45) is 10.4 Å². The summed E-state index contributed by atoms with van der Waals surface area (Å²) in [5.41, 5.74) is 8.30. The van der Waals surface area contributed by atoms with Crippen LogP contribution in [0.25, 0.3) is 0 Å². The number of nitrogens with zero attached hydrogens (tertiary/aromatic N) is 3. The molecule has 1 aromatic rings. The monoisotopic (exact) mass is 514 g/mol. The first kappa shape index (κ1) is 25.6. The number of hydrogen-bond donors (Lipinski definition) is 1. The smallest absolute Gasteiger partial charge is 0.192 e. The molecule has 202 valence electrons. The molecule has 3 heterocycles. The lowest BCUT2D eigenvalue weighted by molar-refractivity contribution is 0.0115. The van der Waals surface area contributed by atoms with E-state index >= 15 is 0 Å². The molecule has 6 nitrogen and oxygen atoms in total. The van der Waals surface area contributed by atoms with Gasteiger partial charge in [0.05, 0.1) is 13.2 Å². The SMILES string of the molecule is CCc1cc2c(cc1N1CCC(N3CCOCC3)CC1)C(C)(C)C1=C(C2=O)C2(C)CC=C(C=NC)C=C2N1. The molecule has 1 N–H and O–H groups in total. The lowest BCUT2D eigenvalue weighted by atomic mass is 9.65. The van der Waals surface area contributed by atoms with Gasteiger partial charge in [0.2, 0.25) is 0 Å². The normalized spacial score (nSPS) is 27.6. The zero-order chi connectivity index (χ0) is 26.7. The van der Waals surface area contributed by atoms with Crippen LogP contribution in [0.3, 0.4) is 0 Å². The highest BCUT2D eigenvalue weighted by molar-refractivity contribution is 6.14. The molecule has 1 atom stereocenters. The number of carbonyl (C=O) groups is 1. The van der Waals surface area contributed by atoms with Gasteiger partial charge in [-0.25, -0.2) is 0 Å². The fourth-order valence-corrected chi connectivity index (χ4v) is 7.37. The largest absolute Gasteiger partial charge is 0.379 e. The Morgan fingerprint density at radius 1 is 1.13 bits per heavy atom. The second-order valence-electron chi connectivity index (χ2n) is 12.3. The second-order valence-corrected chi connectivity index (χ2v) is 12.3. The number of rotatable bonds is 4. The van der Waals surface area contributed by atoms with Crippen molar-refractivity contribution in [2.75, 3.05) is 51.3 Å². The van der Waals surface area contributed by atoms with Gasteiger partial charge in [0.25, 0.3) is 0 Å². The van der Waals surface area contributed by atoms with E-state index in [0.717, 1.165) is 85.9 Å². The molecule has 0 bridgehead atoms. The fourth-order valence-electron chi connectivity index (χ4n) is 7.37. The second kappa shape index (κ2) is 9.49. The number of piperidine rings is 1. The topological polar surface area (TPSA) is 57.2 Å². The number of allylic oxidation sites excluding steroid dienone is 5. The van der Waals surface area contributed by atoms with E-state index in [0.29, 0.717) is 6.04 Å². The summed E-state index contributed by atoms with van der Waals surface area (Å²) in [5.74, 6) is 0.195. The maximum Gasteiger partial charge on any atom is 0.192 e. The number of fused-ring (bicyclic) bond motifs is 3. The van der Waals surface area contributed by atoms with Crippen LogP contribution in [-0.2, 0) is 16.6 Å². The Labute approximate surface area is 227 Å². The minimum Gasteiger partial charge on any atom is -0.379 e. The average molecular weight is 515 g/mol. The number of ether oxygens (including phenoxy) is 1. The van der Waals surface area contributed by atoms with Crippen LogP contribution in [0.2, 0.25) is 0 Å². The van der Waals surface area contributed by atoms with E-state index in [2.05, 4.69) is 72.1 Å². The van der Waals surface area contributed by atoms with E-state index in [4.69, 9.17) is 4.74 Å². The van der Waals surface area contributed by atoms with Gasteiger partial charge in [0.1, 0.15) is 0 Å². The number of aliphatic imine (C=N–C) groups is 1. The van der Waals surface area contributed by atoms with E-state index < -0.39 is 0 Å². The summed E-state index contributed by atoms with van der Waals surface area (Å²) in [5, 5.41) is 3.74. The minimum atomic E-state index is -0.321. The van der Waals surface area contributed by atoms with Crippen molar-refractivity contribution in [1.82, 2.24) is 10.2 Å². The summed E-state index contributed by atoms with van der Waals surface area (Å²) in [4.78, 5) is 23.6. The Bertz CT molecular complexity index is 1270. The Morgan fingerprint density at radius 3 is 2.55 bits per heavy atom. The van der Waals surface area contributed by atoms with Crippen LogP contribution in [0.15, 0.2) is 51.8 Å². The number of benzene rings is 1. The van der Waals surface area contributed by atoms with Crippen LogP contribution in [0.5, 0.6) is 0 Å². The number of hydrogen-bond acceptors (Lipinski definition) is 6. The van der Waals surface area contributed by atoms with Gasteiger partial charge in [0.15, 0.2) is 5.78 Å². The maximum absolute atomic E-state index is 14.2. The van der Waals surface area contributed by atoms with Gasteiger partial charge in [-0.3, -0.25) is 14.7 Å². The van der Waals surface area contributed by atoms with E-state index in [1.807, 2.05) is 6.21 Å². The third kappa shape index (κ3) is 3.91. The molecule has 5 aliphatic rings. The molecule has 2 fully saturated rings. The van der Waals surface area contributed by atoms with Crippen LogP contribution in [-0.4, -0.2) is 69.4 Å². The third-order valence-corrected chi connectivity index (χ3v) is 9.73. The van der Waals surface area contributed by atoms with Crippen molar-refractivity contribution in [2.45, 2.75) is 64.8 Å². The summed E-state index contributed by atoms with van der Waals surface area (Å²) in [6, 6.07) is 5.24. The van der Waals surface area contributed by atoms with E-state index in [9.17, 15) is 4.79 Å². The molecule has 0 spiro atoms. The van der Waals surface area contributed by atoms with E-state index in [1.54, 1.807) is 7.05 Å². The number of morpholine rings is 1. The average Bonchev–Trinajstić information content (AvgIpc) is 3.25. The number of nitrogens with one attached hydrogen (secondary N) is 1. The molecule has 38 heavy (non-hydrogen) atoms. The summed E-state index contributed by atoms with van der Waals surface area (Å²) < 4.78 is 5.57. The van der Waals surface area contributed by atoms with Crippen molar-refractivity contribution in [3.63, 3.8) is 0 Å². The van der Waals surface area contributed by atoms with Gasteiger partial charge < -0.3 is 15.0 Å². The van der Waals surface area contributed by atoms with Gasteiger partial charge in [-0.2, -0.15) is 0 Å². The summed E-state index contributed by atoms with van der Waals surface area (Å²) in [6.45, 7) is 15.0. The van der Waals surface area contributed by atoms with Crippen molar-refractivity contribution >= 4 is 17.7 Å². The Balaban J connectivity index is 1.33. The van der Waals surface area contributed by atoms with Crippen molar-refractivity contribution in [3.05, 3.63) is 63.5 Å². The highest BCUT2D eigenvalue weighted by Crippen LogP contribution is 2.55. The predicted molar refractivity (Wildman–Crippen MR) is 154 cm³/mol. The van der Waals surface area contributed by atoms with Crippen molar-refractivity contribution in [3.8, 4) is 0 Å². The van der Waals surface area contributed by atoms with Crippen LogP contribution >= 0.6 is 0 Å². The summed E-state index contributed by atoms with van der Waals surface area (Å²) in [7, 11) is 1.80. The molecule has 2 saturated heterocycles. The van der Waals surface area contributed by atoms with Crippen LogP contribution < -0.4 is 10.2 Å². The molecule has 0 radical (unpaired) electrons. The van der Waals surface area contributed by atoms with Gasteiger partial charge >= 0.3 is 0 Å². The highest BCUT2D eigenvalue weighted by Gasteiger charge is 2.52. The number of aryl methyl sites for hydroxylation is 1. The zero-order valence-electron chi connectivity index (χ0n) is 23.7. The number of ketones is 1. The molecule has 0 aromatic heterocycles. The molecule has 6 rings (SSSR count). The number of Topliss-reactive ketones (excluding diaryl/α,β-unsaturated/α-hetero) is 1. The van der Waals surface area contributed by atoms with E-state index in [1.165, 1.54) is 24.1 Å².